The zero-order chi connectivity index (χ0) is 23.2. The van der Waals surface area contributed by atoms with Gasteiger partial charge in [-0.15, -0.1) is 0 Å². The second-order valence-corrected chi connectivity index (χ2v) is 10.8. The molecule has 1 aliphatic rings. The Kier molecular flexibility index (Phi) is 5.55. The fourth-order valence-corrected chi connectivity index (χ4v) is 5.08. The maximum absolute atomic E-state index is 12.4. The highest BCUT2D eigenvalue weighted by molar-refractivity contribution is 7.90. The molecule has 0 amide bonds. The lowest BCUT2D eigenvalue weighted by molar-refractivity contribution is 0.374. The number of hydrogen-bond donors (Lipinski definition) is 1. The minimum absolute atomic E-state index is 0.305. The van der Waals surface area contributed by atoms with Gasteiger partial charge in [0.2, 0.25) is 5.95 Å². The van der Waals surface area contributed by atoms with E-state index < -0.39 is 10.0 Å². The average Bonchev–Trinajstić information content (AvgIpc) is 3.38. The Labute approximate surface area is 196 Å². The van der Waals surface area contributed by atoms with E-state index >= 15 is 0 Å². The topological polar surface area (TPSA) is 111 Å². The number of halogens is 1. The lowest BCUT2D eigenvalue weighted by Gasteiger charge is -2.08. The normalized spacial score (nSPS) is 14.3. The summed E-state index contributed by atoms with van der Waals surface area (Å²) in [6, 6.07) is 5.85. The smallest absolute Gasteiger partial charge is 0.256 e. The highest BCUT2D eigenvalue weighted by Gasteiger charge is 2.37. The molecule has 0 atom stereocenters. The van der Waals surface area contributed by atoms with Crippen LogP contribution in [0, 0.1) is 0 Å². The van der Waals surface area contributed by atoms with E-state index in [9.17, 15) is 8.42 Å². The van der Waals surface area contributed by atoms with Crippen LogP contribution in [0.3, 0.4) is 0 Å². The van der Waals surface area contributed by atoms with E-state index in [0.29, 0.717) is 35.1 Å². The van der Waals surface area contributed by atoms with Crippen molar-refractivity contribution in [3.8, 4) is 11.3 Å². The van der Waals surface area contributed by atoms with Gasteiger partial charge in [0.05, 0.1) is 46.6 Å². The summed E-state index contributed by atoms with van der Waals surface area (Å²) in [5.74, 6) is 0.332. The van der Waals surface area contributed by atoms with Crippen LogP contribution < -0.4 is 5.32 Å². The Morgan fingerprint density at radius 2 is 2.03 bits per heavy atom. The molecule has 0 spiro atoms. The van der Waals surface area contributed by atoms with Crippen molar-refractivity contribution in [3.05, 3.63) is 48.0 Å². The summed E-state index contributed by atoms with van der Waals surface area (Å²) in [4.78, 5) is 10.9. The number of hydrogen-bond acceptors (Lipinski definition) is 8. The molecule has 1 saturated carbocycles. The van der Waals surface area contributed by atoms with E-state index in [4.69, 9.17) is 11.6 Å². The van der Waals surface area contributed by atoms with Gasteiger partial charge in [0.1, 0.15) is 0 Å². The number of anilines is 2. The molecule has 3 heterocycles. The van der Waals surface area contributed by atoms with Gasteiger partial charge < -0.3 is 10.2 Å². The van der Waals surface area contributed by atoms with Crippen molar-refractivity contribution in [3.63, 3.8) is 0 Å². The van der Waals surface area contributed by atoms with Gasteiger partial charge in [0, 0.05) is 29.4 Å². The maximum atomic E-state index is 12.4. The Morgan fingerprint density at radius 1 is 1.21 bits per heavy atom. The van der Waals surface area contributed by atoms with Crippen LogP contribution in [-0.2, 0) is 16.6 Å². The molecule has 3 aromatic heterocycles. The summed E-state index contributed by atoms with van der Waals surface area (Å²) >= 11 is 6.31. The van der Waals surface area contributed by atoms with Crippen LogP contribution in [0.4, 0.5) is 11.6 Å². The van der Waals surface area contributed by atoms with Gasteiger partial charge in [0.25, 0.3) is 10.0 Å². The fraction of sp³-hybridized carbons (Fsp3) is 0.333. The molecule has 1 aromatic carbocycles. The molecule has 4 aromatic rings. The van der Waals surface area contributed by atoms with Gasteiger partial charge in [-0.25, -0.2) is 18.4 Å². The molecular formula is C21H23ClN8O2S. The fourth-order valence-electron chi connectivity index (χ4n) is 3.41. The molecule has 0 unspecified atom stereocenters. The molecule has 5 rings (SSSR count). The quantitative estimate of drug-likeness (QED) is 0.404. The van der Waals surface area contributed by atoms with Crippen molar-refractivity contribution in [1.82, 2.24) is 33.8 Å². The number of nitrogens with zero attached hydrogens (tertiary/aromatic N) is 7. The summed E-state index contributed by atoms with van der Waals surface area (Å²) in [7, 11) is 0.600. The van der Waals surface area contributed by atoms with E-state index in [0.717, 1.165) is 33.8 Å². The van der Waals surface area contributed by atoms with Crippen molar-refractivity contribution in [1.29, 1.82) is 0 Å². The van der Waals surface area contributed by atoms with Crippen LogP contribution in [0.2, 0.25) is 5.02 Å². The van der Waals surface area contributed by atoms with Gasteiger partial charge >= 0.3 is 0 Å². The van der Waals surface area contributed by atoms with Crippen LogP contribution in [0.25, 0.3) is 22.2 Å². The Morgan fingerprint density at radius 3 is 2.79 bits per heavy atom. The third-order valence-corrected chi connectivity index (χ3v) is 7.68. The van der Waals surface area contributed by atoms with Crippen LogP contribution in [0.1, 0.15) is 12.8 Å². The first kappa shape index (κ1) is 21.8. The van der Waals surface area contributed by atoms with E-state index in [2.05, 4.69) is 30.4 Å². The monoisotopic (exact) mass is 486 g/mol. The highest BCUT2D eigenvalue weighted by atomic mass is 35.5. The lowest BCUT2D eigenvalue weighted by atomic mass is 10.2. The summed E-state index contributed by atoms with van der Waals surface area (Å²) in [6.07, 6.45) is 7.72. The number of aromatic nitrogens is 6. The summed E-state index contributed by atoms with van der Waals surface area (Å²) in [5.41, 5.74) is 2.55. The number of rotatable bonds is 8. The van der Waals surface area contributed by atoms with E-state index in [1.807, 2.05) is 43.2 Å². The summed E-state index contributed by atoms with van der Waals surface area (Å²) in [6.45, 7) is 1.71. The van der Waals surface area contributed by atoms with Crippen molar-refractivity contribution in [2.75, 3.05) is 26.0 Å². The molecule has 172 valence electrons. The number of fused-ring (bicyclic) bond motifs is 1. The summed E-state index contributed by atoms with van der Waals surface area (Å²) in [5, 5.41) is 12.8. The van der Waals surface area contributed by atoms with Crippen LogP contribution in [0.5, 0.6) is 0 Å². The third kappa shape index (κ3) is 4.56. The molecule has 12 heteroatoms. The minimum Gasteiger partial charge on any atom is -0.324 e. The zero-order valence-electron chi connectivity index (χ0n) is 18.2. The average molecular weight is 487 g/mol. The molecule has 0 aliphatic heterocycles. The van der Waals surface area contributed by atoms with Gasteiger partial charge in [-0.05, 0) is 45.1 Å². The largest absolute Gasteiger partial charge is 0.324 e. The molecule has 0 saturated heterocycles. The van der Waals surface area contributed by atoms with Crippen LogP contribution in [-0.4, -0.2) is 68.1 Å². The first-order valence-corrected chi connectivity index (χ1v) is 12.4. The second-order valence-electron chi connectivity index (χ2n) is 8.33. The zero-order valence-corrected chi connectivity index (χ0v) is 19.8. The maximum Gasteiger partial charge on any atom is 0.256 e. The standard InChI is InChI=1S/C21H23ClN8O2S/c1-28(2)7-8-29-12-14-3-4-16(9-19(14)27-29)25-21-23-11-18(22)20(26-21)15-10-24-30(13-15)33(31,32)17-5-6-17/h3-4,9-13,17H,5-8H2,1-2H3,(H,23,25,26). The minimum atomic E-state index is -3.46. The molecule has 1 aliphatic carbocycles. The Balaban J connectivity index is 1.38. The second kappa shape index (κ2) is 8.40. The van der Waals surface area contributed by atoms with Gasteiger partial charge in [0.15, 0.2) is 0 Å². The van der Waals surface area contributed by atoms with Crippen molar-refractivity contribution < 1.29 is 8.42 Å². The van der Waals surface area contributed by atoms with Gasteiger partial charge in [-0.3, -0.25) is 4.68 Å². The van der Waals surface area contributed by atoms with Gasteiger partial charge in [-0.2, -0.15) is 14.3 Å². The predicted octanol–water partition coefficient (Wildman–Crippen LogP) is 2.99. The van der Waals surface area contributed by atoms with Crippen molar-refractivity contribution in [2.24, 2.45) is 0 Å². The van der Waals surface area contributed by atoms with Crippen LogP contribution >= 0.6 is 11.6 Å². The molecule has 1 N–H and O–H groups in total. The van der Waals surface area contributed by atoms with E-state index in [1.165, 1.54) is 18.6 Å². The van der Waals surface area contributed by atoms with E-state index in [1.54, 1.807) is 0 Å². The Bertz CT molecular complexity index is 1430. The third-order valence-electron chi connectivity index (χ3n) is 5.37. The first-order valence-electron chi connectivity index (χ1n) is 10.5. The molecule has 0 radical (unpaired) electrons. The predicted molar refractivity (Wildman–Crippen MR) is 127 cm³/mol. The molecular weight excluding hydrogens is 464 g/mol. The summed E-state index contributed by atoms with van der Waals surface area (Å²) < 4.78 is 27.8. The molecule has 0 bridgehead atoms. The molecule has 33 heavy (non-hydrogen) atoms. The molecule has 1 fully saturated rings. The van der Waals surface area contributed by atoms with E-state index in [-0.39, 0.29) is 5.25 Å². The number of nitrogens with one attached hydrogen (secondary N) is 1. The van der Waals surface area contributed by atoms with Crippen molar-refractivity contribution >= 4 is 44.2 Å². The van der Waals surface area contributed by atoms with Gasteiger partial charge in [-0.1, -0.05) is 11.6 Å². The molecule has 10 nitrogen and oxygen atoms in total. The number of likely N-dealkylation sites (N-methyl/N-ethyl adjacent to an activating group) is 1. The first-order chi connectivity index (χ1) is 15.8. The SMILES string of the molecule is CN(C)CCn1cc2ccc(Nc3ncc(Cl)c(-c4cnn(S(=O)(=O)C5CC5)c4)n3)cc2n1. The van der Waals surface area contributed by atoms with Crippen LogP contribution in [0.15, 0.2) is 43.0 Å². The lowest BCUT2D eigenvalue weighted by Crippen LogP contribution is -2.18. The number of benzene rings is 1. The van der Waals surface area contributed by atoms with Crippen molar-refractivity contribution in [2.45, 2.75) is 24.6 Å². The highest BCUT2D eigenvalue weighted by Crippen LogP contribution is 2.32. The Hall–Kier alpha value is -3.02.